The van der Waals surface area contributed by atoms with Crippen molar-refractivity contribution in [3.63, 3.8) is 0 Å². The van der Waals surface area contributed by atoms with Gasteiger partial charge in [0.25, 0.3) is 0 Å². The highest BCUT2D eigenvalue weighted by Crippen LogP contribution is 2.24. The Bertz CT molecular complexity index is 589. The van der Waals surface area contributed by atoms with Gasteiger partial charge >= 0.3 is 0 Å². The van der Waals surface area contributed by atoms with Crippen LogP contribution in [0.5, 0.6) is 0 Å². The summed E-state index contributed by atoms with van der Waals surface area (Å²) in [5.74, 6) is 0. The van der Waals surface area contributed by atoms with Gasteiger partial charge in [-0.25, -0.2) is 0 Å². The number of anilines is 1. The molecule has 0 atom stereocenters. The van der Waals surface area contributed by atoms with Crippen LogP contribution in [0.2, 0.25) is 0 Å². The minimum atomic E-state index is 0.806. The van der Waals surface area contributed by atoms with Crippen molar-refractivity contribution in [2.24, 2.45) is 0 Å². The van der Waals surface area contributed by atoms with Gasteiger partial charge in [-0.1, -0.05) is 19.1 Å². The maximum atomic E-state index is 5.73. The van der Waals surface area contributed by atoms with Crippen LogP contribution in [-0.4, -0.2) is 21.7 Å². The zero-order valence-corrected chi connectivity index (χ0v) is 14.5. The van der Waals surface area contributed by atoms with E-state index in [0.29, 0.717) is 0 Å². The van der Waals surface area contributed by atoms with Gasteiger partial charge in [-0.2, -0.15) is 5.10 Å². The summed E-state index contributed by atoms with van der Waals surface area (Å²) in [6.45, 7) is 6.91. The van der Waals surface area contributed by atoms with Crippen molar-refractivity contribution in [3.05, 3.63) is 45.7 Å². The second-order valence-electron chi connectivity index (χ2n) is 5.29. The lowest BCUT2D eigenvalue weighted by molar-refractivity contribution is 0.307. The van der Waals surface area contributed by atoms with Crippen LogP contribution in [0.4, 0.5) is 5.69 Å². The van der Waals surface area contributed by atoms with Gasteiger partial charge in [0.2, 0.25) is 0 Å². The largest absolute Gasteiger partial charge is 0.399 e. The summed E-state index contributed by atoms with van der Waals surface area (Å²) in [6, 6.07) is 8.06. The zero-order chi connectivity index (χ0) is 15.4. The smallest absolute Gasteiger partial charge is 0.0767 e. The minimum Gasteiger partial charge on any atom is -0.399 e. The molecule has 1 heterocycles. The molecule has 0 saturated heterocycles. The van der Waals surface area contributed by atoms with Crippen LogP contribution in [0, 0.1) is 0 Å². The molecular weight excluding hydrogens is 328 g/mol. The first kappa shape index (κ1) is 16.0. The van der Waals surface area contributed by atoms with Crippen LogP contribution in [0.1, 0.15) is 30.8 Å². The number of aryl methyl sites for hydroxylation is 2. The van der Waals surface area contributed by atoms with Crippen LogP contribution < -0.4 is 5.73 Å². The second kappa shape index (κ2) is 7.09. The number of halogens is 1. The van der Waals surface area contributed by atoms with Crippen molar-refractivity contribution in [1.82, 2.24) is 14.7 Å². The van der Waals surface area contributed by atoms with Gasteiger partial charge in [-0.05, 0) is 54.0 Å². The van der Waals surface area contributed by atoms with Gasteiger partial charge in [-0.15, -0.1) is 0 Å². The molecule has 2 aromatic rings. The highest BCUT2D eigenvalue weighted by molar-refractivity contribution is 9.10. The quantitative estimate of drug-likeness (QED) is 0.811. The highest BCUT2D eigenvalue weighted by Gasteiger charge is 2.15. The number of hydrogen-bond acceptors (Lipinski definition) is 3. The lowest BCUT2D eigenvalue weighted by atomic mass is 10.2. The normalized spacial score (nSPS) is 11.3. The number of nitrogens with two attached hydrogens (primary N) is 1. The molecule has 4 nitrogen and oxygen atoms in total. The standard InChI is InChI=1S/C16H23BrN4/c1-4-14-16(17)15(21(5-2)19-14)11-20(3)10-12-6-8-13(18)9-7-12/h6-9H,4-5,10-11,18H2,1-3H3. The van der Waals surface area contributed by atoms with Crippen LogP contribution in [-0.2, 0) is 26.1 Å². The Kier molecular flexibility index (Phi) is 5.42. The number of rotatable bonds is 6. The molecule has 0 bridgehead atoms. The summed E-state index contributed by atoms with van der Waals surface area (Å²) in [4.78, 5) is 2.29. The molecule has 0 aliphatic carbocycles. The van der Waals surface area contributed by atoms with E-state index in [-0.39, 0.29) is 0 Å². The van der Waals surface area contributed by atoms with E-state index in [4.69, 9.17) is 5.73 Å². The maximum Gasteiger partial charge on any atom is 0.0767 e. The SMILES string of the molecule is CCc1nn(CC)c(CN(C)Cc2ccc(N)cc2)c1Br. The molecule has 2 rings (SSSR count). The Hall–Kier alpha value is -1.33. The third kappa shape index (κ3) is 3.86. The summed E-state index contributed by atoms with van der Waals surface area (Å²) < 4.78 is 3.23. The molecule has 114 valence electrons. The van der Waals surface area contributed by atoms with E-state index in [1.54, 1.807) is 0 Å². The lowest BCUT2D eigenvalue weighted by Crippen LogP contribution is -2.20. The fraction of sp³-hybridized carbons (Fsp3) is 0.438. The van der Waals surface area contributed by atoms with Gasteiger partial charge < -0.3 is 5.73 Å². The summed E-state index contributed by atoms with van der Waals surface area (Å²) in [6.07, 6.45) is 0.947. The van der Waals surface area contributed by atoms with Crippen molar-refractivity contribution >= 4 is 21.6 Å². The monoisotopic (exact) mass is 350 g/mol. The summed E-state index contributed by atoms with van der Waals surface area (Å²) in [5.41, 5.74) is 10.2. The van der Waals surface area contributed by atoms with Crippen LogP contribution >= 0.6 is 15.9 Å². The van der Waals surface area contributed by atoms with Crippen molar-refractivity contribution < 1.29 is 0 Å². The molecule has 1 aromatic carbocycles. The van der Waals surface area contributed by atoms with Crippen LogP contribution in [0.15, 0.2) is 28.7 Å². The van der Waals surface area contributed by atoms with E-state index in [2.05, 4.69) is 63.6 Å². The molecule has 0 fully saturated rings. The Balaban J connectivity index is 2.10. The summed E-state index contributed by atoms with van der Waals surface area (Å²) >= 11 is 3.70. The summed E-state index contributed by atoms with van der Waals surface area (Å²) in [7, 11) is 2.13. The average Bonchev–Trinajstić information content (AvgIpc) is 2.77. The van der Waals surface area contributed by atoms with Crippen LogP contribution in [0.3, 0.4) is 0 Å². The van der Waals surface area contributed by atoms with E-state index in [0.717, 1.165) is 41.9 Å². The van der Waals surface area contributed by atoms with Crippen molar-refractivity contribution in [1.29, 1.82) is 0 Å². The third-order valence-electron chi connectivity index (χ3n) is 3.55. The Labute approximate surface area is 135 Å². The third-order valence-corrected chi connectivity index (χ3v) is 4.46. The lowest BCUT2D eigenvalue weighted by Gasteiger charge is -2.18. The van der Waals surface area contributed by atoms with Gasteiger partial charge in [0.05, 0.1) is 15.9 Å². The fourth-order valence-electron chi connectivity index (χ4n) is 2.41. The second-order valence-corrected chi connectivity index (χ2v) is 6.08. The molecule has 1 aromatic heterocycles. The minimum absolute atomic E-state index is 0.806. The predicted molar refractivity (Wildman–Crippen MR) is 91.0 cm³/mol. The molecular formula is C16H23BrN4. The zero-order valence-electron chi connectivity index (χ0n) is 12.9. The average molecular weight is 351 g/mol. The molecule has 0 aliphatic rings. The molecule has 5 heteroatoms. The Morgan fingerprint density at radius 2 is 1.86 bits per heavy atom. The van der Waals surface area contributed by atoms with Gasteiger partial charge in [0, 0.05) is 25.3 Å². The molecule has 2 N–H and O–H groups in total. The van der Waals surface area contributed by atoms with Gasteiger partial charge in [0.15, 0.2) is 0 Å². The number of nitrogen functional groups attached to an aromatic ring is 1. The number of hydrogen-bond donors (Lipinski definition) is 1. The molecule has 0 saturated carbocycles. The van der Waals surface area contributed by atoms with Crippen molar-refractivity contribution in [2.45, 2.75) is 39.9 Å². The predicted octanol–water partition coefficient (Wildman–Crippen LogP) is 3.44. The van der Waals surface area contributed by atoms with Gasteiger partial charge in [-0.3, -0.25) is 9.58 Å². The number of aromatic nitrogens is 2. The van der Waals surface area contributed by atoms with Crippen LogP contribution in [0.25, 0.3) is 0 Å². The molecule has 0 spiro atoms. The summed E-state index contributed by atoms with van der Waals surface area (Å²) in [5, 5.41) is 4.65. The van der Waals surface area contributed by atoms with E-state index >= 15 is 0 Å². The van der Waals surface area contributed by atoms with E-state index in [1.165, 1.54) is 11.3 Å². The van der Waals surface area contributed by atoms with E-state index in [9.17, 15) is 0 Å². The first-order valence-electron chi connectivity index (χ1n) is 7.32. The first-order chi connectivity index (χ1) is 10.0. The topological polar surface area (TPSA) is 47.1 Å². The molecule has 21 heavy (non-hydrogen) atoms. The Morgan fingerprint density at radius 3 is 2.43 bits per heavy atom. The van der Waals surface area contributed by atoms with E-state index < -0.39 is 0 Å². The van der Waals surface area contributed by atoms with Crippen molar-refractivity contribution in [2.75, 3.05) is 12.8 Å². The first-order valence-corrected chi connectivity index (χ1v) is 8.11. The highest BCUT2D eigenvalue weighted by atomic mass is 79.9. The fourth-order valence-corrected chi connectivity index (χ4v) is 3.10. The van der Waals surface area contributed by atoms with Crippen molar-refractivity contribution in [3.8, 4) is 0 Å². The molecule has 0 aliphatic heterocycles. The molecule has 0 amide bonds. The maximum absolute atomic E-state index is 5.73. The molecule has 0 unspecified atom stereocenters. The Morgan fingerprint density at radius 1 is 1.19 bits per heavy atom. The number of nitrogens with zero attached hydrogens (tertiary/aromatic N) is 3. The number of benzene rings is 1. The molecule has 0 radical (unpaired) electrons. The van der Waals surface area contributed by atoms with Gasteiger partial charge in [0.1, 0.15) is 0 Å². The van der Waals surface area contributed by atoms with E-state index in [1.807, 2.05) is 12.1 Å².